The Bertz CT molecular complexity index is 1490. The van der Waals surface area contributed by atoms with Crippen LogP contribution in [0.1, 0.15) is 34.7 Å². The van der Waals surface area contributed by atoms with Crippen LogP contribution in [0.3, 0.4) is 0 Å². The Hall–Kier alpha value is -4.53. The smallest absolute Gasteiger partial charge is 0.226 e. The van der Waals surface area contributed by atoms with Crippen molar-refractivity contribution in [3.8, 4) is 11.6 Å². The van der Waals surface area contributed by atoms with Crippen molar-refractivity contribution >= 4 is 17.4 Å². The maximum Gasteiger partial charge on any atom is 0.226 e. The van der Waals surface area contributed by atoms with Crippen LogP contribution < -0.4 is 10.1 Å². The third-order valence-electron chi connectivity index (χ3n) is 6.00. The number of aromatic nitrogens is 6. The lowest BCUT2D eigenvalue weighted by molar-refractivity contribution is -0.116. The fourth-order valence-corrected chi connectivity index (χ4v) is 4.37. The number of anilines is 1. The van der Waals surface area contributed by atoms with Gasteiger partial charge < -0.3 is 10.1 Å². The first-order chi connectivity index (χ1) is 16.7. The van der Waals surface area contributed by atoms with Gasteiger partial charge in [0.25, 0.3) is 0 Å². The van der Waals surface area contributed by atoms with Crippen LogP contribution in [0.2, 0.25) is 0 Å². The van der Waals surface area contributed by atoms with Crippen LogP contribution in [-0.2, 0) is 11.4 Å². The van der Waals surface area contributed by atoms with E-state index in [4.69, 9.17) is 9.84 Å². The molecule has 0 spiro atoms. The van der Waals surface area contributed by atoms with Crippen LogP contribution in [-0.4, -0.2) is 35.5 Å². The number of rotatable bonds is 5. The van der Waals surface area contributed by atoms with E-state index in [-0.39, 0.29) is 11.8 Å². The number of fused-ring (bicyclic) bond motifs is 2. The lowest BCUT2D eigenvalue weighted by Crippen LogP contribution is -2.25. The highest BCUT2D eigenvalue weighted by Gasteiger charge is 2.33. The van der Waals surface area contributed by atoms with Gasteiger partial charge >= 0.3 is 0 Å². The Morgan fingerprint density at radius 1 is 1.03 bits per heavy atom. The molecule has 4 heterocycles. The molecule has 3 aromatic heterocycles. The molecule has 1 aliphatic heterocycles. The van der Waals surface area contributed by atoms with Gasteiger partial charge in [-0.3, -0.25) is 4.79 Å². The topological polar surface area (TPSA) is 99.2 Å². The summed E-state index contributed by atoms with van der Waals surface area (Å²) in [5.74, 6) is 1.82. The molecule has 0 aliphatic carbocycles. The molecule has 6 rings (SSSR count). The quantitative estimate of drug-likeness (QED) is 0.438. The maximum absolute atomic E-state index is 12.7. The van der Waals surface area contributed by atoms with Crippen molar-refractivity contribution < 1.29 is 9.53 Å². The Labute approximate surface area is 195 Å². The second-order valence-electron chi connectivity index (χ2n) is 8.23. The van der Waals surface area contributed by atoms with Gasteiger partial charge in [-0.2, -0.15) is 14.3 Å². The predicted octanol–water partition coefficient (Wildman–Crippen LogP) is 3.67. The molecule has 5 aromatic rings. The van der Waals surface area contributed by atoms with E-state index in [1.54, 1.807) is 9.20 Å². The van der Waals surface area contributed by atoms with Crippen molar-refractivity contribution in [3.05, 3.63) is 95.4 Å². The number of hydrogen-bond acceptors (Lipinski definition) is 6. The van der Waals surface area contributed by atoms with E-state index in [9.17, 15) is 4.79 Å². The van der Waals surface area contributed by atoms with Crippen LogP contribution in [0.4, 0.5) is 5.82 Å². The molecule has 1 aliphatic rings. The van der Waals surface area contributed by atoms with E-state index in [1.807, 2.05) is 73.7 Å². The number of hydrogen-bond donors (Lipinski definition) is 1. The van der Waals surface area contributed by atoms with E-state index in [1.165, 1.54) is 6.33 Å². The SMILES string of the molecule is Cc1nn(-c2ccc3nncn3n2)c2c1[C@H](c1ccc(OCc3ccccc3)cc1)CC(=O)N2. The molecule has 168 valence electrons. The number of ether oxygens (including phenoxy) is 1. The zero-order valence-electron chi connectivity index (χ0n) is 18.4. The Morgan fingerprint density at radius 3 is 2.68 bits per heavy atom. The third kappa shape index (κ3) is 3.57. The molecule has 0 radical (unpaired) electrons. The fraction of sp³-hybridized carbons (Fsp3) is 0.160. The molecule has 34 heavy (non-hydrogen) atoms. The summed E-state index contributed by atoms with van der Waals surface area (Å²) in [6.45, 7) is 2.46. The first kappa shape index (κ1) is 20.1. The number of amides is 1. The Kier molecular flexibility index (Phi) is 4.80. The summed E-state index contributed by atoms with van der Waals surface area (Å²) in [4.78, 5) is 12.7. The van der Waals surface area contributed by atoms with Gasteiger partial charge in [-0.25, -0.2) is 0 Å². The molecule has 0 saturated carbocycles. The largest absolute Gasteiger partial charge is 0.489 e. The van der Waals surface area contributed by atoms with E-state index >= 15 is 0 Å². The van der Waals surface area contributed by atoms with Crippen molar-refractivity contribution in [2.24, 2.45) is 0 Å². The van der Waals surface area contributed by atoms with Gasteiger partial charge in [-0.1, -0.05) is 42.5 Å². The minimum absolute atomic E-state index is 0.0616. The Morgan fingerprint density at radius 2 is 1.85 bits per heavy atom. The molecule has 2 aromatic carbocycles. The van der Waals surface area contributed by atoms with Crippen LogP contribution >= 0.6 is 0 Å². The van der Waals surface area contributed by atoms with Gasteiger partial charge in [0.2, 0.25) is 5.91 Å². The lowest BCUT2D eigenvalue weighted by Gasteiger charge is -2.24. The van der Waals surface area contributed by atoms with Crippen LogP contribution in [0, 0.1) is 6.92 Å². The maximum atomic E-state index is 12.7. The highest BCUT2D eigenvalue weighted by Crippen LogP contribution is 2.40. The highest BCUT2D eigenvalue weighted by molar-refractivity contribution is 5.95. The van der Waals surface area contributed by atoms with Gasteiger partial charge in [0, 0.05) is 17.9 Å². The molecule has 0 unspecified atom stereocenters. The second kappa shape index (κ2) is 8.11. The number of aryl methyl sites for hydroxylation is 1. The number of carbonyl (C=O) groups is 1. The first-order valence-electron chi connectivity index (χ1n) is 11.0. The average Bonchev–Trinajstić information content (AvgIpc) is 3.47. The van der Waals surface area contributed by atoms with E-state index in [0.717, 1.165) is 28.1 Å². The molecule has 0 fully saturated rings. The summed E-state index contributed by atoms with van der Waals surface area (Å²) in [5.41, 5.74) is 4.62. The lowest BCUT2D eigenvalue weighted by atomic mass is 9.86. The van der Waals surface area contributed by atoms with Crippen molar-refractivity contribution in [2.45, 2.75) is 25.9 Å². The van der Waals surface area contributed by atoms with Crippen LogP contribution in [0.15, 0.2) is 73.1 Å². The molecular weight excluding hydrogens is 430 g/mol. The van der Waals surface area contributed by atoms with Gasteiger partial charge in [0.15, 0.2) is 11.5 Å². The summed E-state index contributed by atoms with van der Waals surface area (Å²) in [6.07, 6.45) is 1.88. The minimum atomic E-state index is -0.112. The average molecular weight is 451 g/mol. The molecule has 9 heteroatoms. The van der Waals surface area contributed by atoms with Crippen molar-refractivity contribution in [1.82, 2.24) is 29.6 Å². The third-order valence-corrected chi connectivity index (χ3v) is 6.00. The molecule has 9 nitrogen and oxygen atoms in total. The van der Waals surface area contributed by atoms with Gasteiger partial charge in [-0.15, -0.1) is 15.3 Å². The molecule has 1 amide bonds. The second-order valence-corrected chi connectivity index (χ2v) is 8.23. The Balaban J connectivity index is 1.31. The number of benzene rings is 2. The monoisotopic (exact) mass is 451 g/mol. The summed E-state index contributed by atoms with van der Waals surface area (Å²) >= 11 is 0. The van der Waals surface area contributed by atoms with E-state index < -0.39 is 0 Å². The van der Waals surface area contributed by atoms with Gasteiger partial charge in [0.05, 0.1) is 5.69 Å². The molecule has 1 atom stereocenters. The predicted molar refractivity (Wildman–Crippen MR) is 125 cm³/mol. The summed E-state index contributed by atoms with van der Waals surface area (Å²) in [5, 5.41) is 20.1. The van der Waals surface area contributed by atoms with Crippen molar-refractivity contribution in [2.75, 3.05) is 5.32 Å². The molecule has 0 saturated heterocycles. The summed E-state index contributed by atoms with van der Waals surface area (Å²) < 4.78 is 9.17. The van der Waals surface area contributed by atoms with Crippen molar-refractivity contribution in [3.63, 3.8) is 0 Å². The van der Waals surface area contributed by atoms with E-state index in [0.29, 0.717) is 30.3 Å². The van der Waals surface area contributed by atoms with Crippen LogP contribution in [0.25, 0.3) is 11.5 Å². The van der Waals surface area contributed by atoms with E-state index in [2.05, 4.69) is 20.6 Å². The number of nitrogens with one attached hydrogen (secondary N) is 1. The first-order valence-corrected chi connectivity index (χ1v) is 11.0. The number of carbonyl (C=O) groups excluding carboxylic acids is 1. The minimum Gasteiger partial charge on any atom is -0.489 e. The highest BCUT2D eigenvalue weighted by atomic mass is 16.5. The molecular formula is C25H21N7O2. The fourth-order valence-electron chi connectivity index (χ4n) is 4.37. The van der Waals surface area contributed by atoms with Crippen molar-refractivity contribution in [1.29, 1.82) is 0 Å². The summed E-state index contributed by atoms with van der Waals surface area (Å²) in [7, 11) is 0. The zero-order valence-corrected chi connectivity index (χ0v) is 18.4. The molecule has 1 N–H and O–H groups in total. The van der Waals surface area contributed by atoms with Gasteiger partial charge in [0.1, 0.15) is 24.5 Å². The van der Waals surface area contributed by atoms with Gasteiger partial charge in [-0.05, 0) is 42.3 Å². The standard InChI is InChI=1S/C25H21N7O2/c1-16-24-20(18-7-9-19(10-8-18)34-14-17-5-3-2-4-6-17)13-23(33)27-25(24)32(29-16)22-12-11-21-28-26-15-31(21)30-22/h2-12,15,20H,13-14H2,1H3,(H,27,33)/t20-/m0/s1. The zero-order chi connectivity index (χ0) is 23.1. The van der Waals surface area contributed by atoms with Crippen LogP contribution in [0.5, 0.6) is 5.75 Å². The molecule has 0 bridgehead atoms. The summed E-state index contributed by atoms with van der Waals surface area (Å²) in [6, 6.07) is 21.6. The number of nitrogens with zero attached hydrogens (tertiary/aromatic N) is 6. The normalized spacial score (nSPS) is 15.2.